The summed E-state index contributed by atoms with van der Waals surface area (Å²) < 4.78 is 16.8. The lowest BCUT2D eigenvalue weighted by atomic mass is 9.93. The first-order valence-corrected chi connectivity index (χ1v) is 9.84. The summed E-state index contributed by atoms with van der Waals surface area (Å²) in [5.41, 5.74) is 0.510. The van der Waals surface area contributed by atoms with E-state index in [4.69, 9.17) is 19.5 Å². The number of hydrogen-bond donors (Lipinski definition) is 1. The summed E-state index contributed by atoms with van der Waals surface area (Å²) in [6.45, 7) is 2.53. The van der Waals surface area contributed by atoms with E-state index in [1.807, 2.05) is 25.1 Å². The van der Waals surface area contributed by atoms with Gasteiger partial charge in [-0.2, -0.15) is 5.26 Å². The average Bonchev–Trinajstić information content (AvgIpc) is 2.75. The maximum atomic E-state index is 12.2. The zero-order chi connectivity index (χ0) is 20.5. The van der Waals surface area contributed by atoms with Gasteiger partial charge in [-0.05, 0) is 62.9 Å². The van der Waals surface area contributed by atoms with Gasteiger partial charge in [0.1, 0.15) is 23.7 Å². The van der Waals surface area contributed by atoms with Gasteiger partial charge in [0.2, 0.25) is 5.88 Å². The number of ether oxygens (including phenoxy) is 3. The summed E-state index contributed by atoms with van der Waals surface area (Å²) in [4.78, 5) is 16.3. The standard InChI is InChI=1S/C22H25N3O4/c1-2-27-18-8-10-19(11-9-18)28-15-21(26)25-17-4-6-20(7-5-17)29-22-12-3-16(13-23)14-24-22/h3,8-12,14,17,20H,2,4-7,15H2,1H3,(H,25,26). The molecule has 0 radical (unpaired) electrons. The molecule has 1 N–H and O–H groups in total. The topological polar surface area (TPSA) is 93.5 Å². The molecule has 7 heteroatoms. The Hall–Kier alpha value is -3.27. The van der Waals surface area contributed by atoms with Crippen LogP contribution >= 0.6 is 0 Å². The van der Waals surface area contributed by atoms with Gasteiger partial charge in [-0.1, -0.05) is 0 Å². The van der Waals surface area contributed by atoms with Crippen LogP contribution in [0.1, 0.15) is 38.2 Å². The van der Waals surface area contributed by atoms with E-state index in [-0.39, 0.29) is 24.7 Å². The molecule has 0 spiro atoms. The molecule has 1 heterocycles. The highest BCUT2D eigenvalue weighted by atomic mass is 16.5. The first kappa shape index (κ1) is 20.5. The van der Waals surface area contributed by atoms with E-state index in [2.05, 4.69) is 10.3 Å². The summed E-state index contributed by atoms with van der Waals surface area (Å²) in [7, 11) is 0. The smallest absolute Gasteiger partial charge is 0.258 e. The van der Waals surface area contributed by atoms with Crippen LogP contribution in [0, 0.1) is 11.3 Å². The van der Waals surface area contributed by atoms with Crippen molar-refractivity contribution in [1.82, 2.24) is 10.3 Å². The summed E-state index contributed by atoms with van der Waals surface area (Å²) in [6, 6.07) is 12.8. The van der Waals surface area contributed by atoms with Crippen LogP contribution < -0.4 is 19.5 Å². The third kappa shape index (κ3) is 6.39. The van der Waals surface area contributed by atoms with E-state index in [9.17, 15) is 4.79 Å². The molecular formula is C22H25N3O4. The van der Waals surface area contributed by atoms with E-state index in [1.165, 1.54) is 6.20 Å². The van der Waals surface area contributed by atoms with Gasteiger partial charge in [0, 0.05) is 18.3 Å². The highest BCUT2D eigenvalue weighted by Gasteiger charge is 2.24. The first-order valence-electron chi connectivity index (χ1n) is 9.84. The van der Waals surface area contributed by atoms with Gasteiger partial charge < -0.3 is 19.5 Å². The fourth-order valence-electron chi connectivity index (χ4n) is 3.23. The second-order valence-electron chi connectivity index (χ2n) is 6.85. The number of amides is 1. The van der Waals surface area contributed by atoms with Gasteiger partial charge in [0.15, 0.2) is 6.61 Å². The molecule has 0 aliphatic heterocycles. The molecule has 0 saturated heterocycles. The highest BCUT2D eigenvalue weighted by Crippen LogP contribution is 2.23. The number of benzene rings is 1. The van der Waals surface area contributed by atoms with Crippen molar-refractivity contribution in [3.05, 3.63) is 48.2 Å². The number of nitrogens with one attached hydrogen (secondary N) is 1. The Bertz CT molecular complexity index is 823. The van der Waals surface area contributed by atoms with Crippen molar-refractivity contribution >= 4 is 5.91 Å². The molecule has 0 unspecified atom stereocenters. The maximum absolute atomic E-state index is 12.2. The fourth-order valence-corrected chi connectivity index (χ4v) is 3.23. The van der Waals surface area contributed by atoms with E-state index >= 15 is 0 Å². The molecule has 1 aromatic heterocycles. The normalized spacial score (nSPS) is 18.3. The monoisotopic (exact) mass is 395 g/mol. The van der Waals surface area contributed by atoms with Gasteiger partial charge in [0.05, 0.1) is 12.2 Å². The van der Waals surface area contributed by atoms with Crippen LogP contribution in [0.3, 0.4) is 0 Å². The maximum Gasteiger partial charge on any atom is 0.258 e. The minimum Gasteiger partial charge on any atom is -0.494 e. The van der Waals surface area contributed by atoms with Crippen LogP contribution in [0.2, 0.25) is 0 Å². The predicted octanol–water partition coefficient (Wildman–Crippen LogP) is 3.24. The molecular weight excluding hydrogens is 370 g/mol. The summed E-state index contributed by atoms with van der Waals surface area (Å²) in [5.74, 6) is 1.81. The van der Waals surface area contributed by atoms with Crippen LogP contribution in [-0.2, 0) is 4.79 Å². The largest absolute Gasteiger partial charge is 0.494 e. The molecule has 1 fully saturated rings. The molecule has 0 atom stereocenters. The molecule has 1 aliphatic carbocycles. The molecule has 0 bridgehead atoms. The van der Waals surface area contributed by atoms with Gasteiger partial charge in [-0.25, -0.2) is 4.98 Å². The molecule has 3 rings (SSSR count). The Kier molecular flexibility index (Phi) is 7.28. The Morgan fingerprint density at radius 1 is 1.10 bits per heavy atom. The summed E-state index contributed by atoms with van der Waals surface area (Å²) in [6.07, 6.45) is 4.94. The van der Waals surface area contributed by atoms with E-state index < -0.39 is 0 Å². The zero-order valence-electron chi connectivity index (χ0n) is 16.5. The van der Waals surface area contributed by atoms with Crippen LogP contribution in [0.5, 0.6) is 17.4 Å². The molecule has 7 nitrogen and oxygen atoms in total. The van der Waals surface area contributed by atoms with Gasteiger partial charge in [0.25, 0.3) is 5.91 Å². The first-order chi connectivity index (χ1) is 14.2. The minimum atomic E-state index is -0.128. The zero-order valence-corrected chi connectivity index (χ0v) is 16.5. The van der Waals surface area contributed by atoms with Crippen molar-refractivity contribution in [1.29, 1.82) is 5.26 Å². The predicted molar refractivity (Wildman–Crippen MR) is 107 cm³/mol. The molecule has 29 heavy (non-hydrogen) atoms. The molecule has 2 aromatic rings. The number of rotatable bonds is 8. The van der Waals surface area contributed by atoms with Crippen molar-refractivity contribution in [2.75, 3.05) is 13.2 Å². The van der Waals surface area contributed by atoms with Crippen LogP contribution in [0.25, 0.3) is 0 Å². The number of nitrogens with zero attached hydrogens (tertiary/aromatic N) is 2. The summed E-state index contributed by atoms with van der Waals surface area (Å²) in [5, 5.41) is 11.8. The molecule has 1 aromatic carbocycles. The third-order valence-corrected chi connectivity index (χ3v) is 4.70. The Balaban J connectivity index is 1.36. The number of aromatic nitrogens is 1. The third-order valence-electron chi connectivity index (χ3n) is 4.70. The lowest BCUT2D eigenvalue weighted by molar-refractivity contribution is -0.124. The molecule has 152 valence electrons. The molecule has 1 saturated carbocycles. The second kappa shape index (κ2) is 10.3. The van der Waals surface area contributed by atoms with Crippen molar-refractivity contribution < 1.29 is 19.0 Å². The van der Waals surface area contributed by atoms with Gasteiger partial charge in [-0.3, -0.25) is 4.79 Å². The van der Waals surface area contributed by atoms with Crippen molar-refractivity contribution in [3.63, 3.8) is 0 Å². The molecule has 1 aliphatic rings. The van der Waals surface area contributed by atoms with Crippen molar-refractivity contribution in [2.24, 2.45) is 0 Å². The molecule has 1 amide bonds. The Morgan fingerprint density at radius 3 is 2.38 bits per heavy atom. The van der Waals surface area contributed by atoms with Gasteiger partial charge >= 0.3 is 0 Å². The quantitative estimate of drug-likeness (QED) is 0.738. The van der Waals surface area contributed by atoms with Crippen LogP contribution in [-0.4, -0.2) is 36.3 Å². The second-order valence-corrected chi connectivity index (χ2v) is 6.85. The van der Waals surface area contributed by atoms with E-state index in [1.54, 1.807) is 24.3 Å². The fraction of sp³-hybridized carbons (Fsp3) is 0.409. The van der Waals surface area contributed by atoms with Crippen LogP contribution in [0.15, 0.2) is 42.6 Å². The van der Waals surface area contributed by atoms with Crippen molar-refractivity contribution in [3.8, 4) is 23.4 Å². The number of pyridine rings is 1. The minimum absolute atomic E-state index is 0.0143. The lowest BCUT2D eigenvalue weighted by Crippen LogP contribution is -2.41. The Morgan fingerprint density at radius 2 is 1.79 bits per heavy atom. The summed E-state index contributed by atoms with van der Waals surface area (Å²) >= 11 is 0. The van der Waals surface area contributed by atoms with Crippen molar-refractivity contribution in [2.45, 2.75) is 44.8 Å². The SMILES string of the molecule is CCOc1ccc(OCC(=O)NC2CCC(Oc3ccc(C#N)cn3)CC2)cc1. The number of carbonyl (C=O) groups is 1. The Labute approximate surface area is 170 Å². The average molecular weight is 395 g/mol. The lowest BCUT2D eigenvalue weighted by Gasteiger charge is -2.29. The number of carbonyl (C=O) groups excluding carboxylic acids is 1. The van der Waals surface area contributed by atoms with E-state index in [0.717, 1.165) is 31.4 Å². The van der Waals surface area contributed by atoms with Gasteiger partial charge in [-0.15, -0.1) is 0 Å². The van der Waals surface area contributed by atoms with E-state index in [0.29, 0.717) is 23.8 Å². The van der Waals surface area contributed by atoms with Crippen LogP contribution in [0.4, 0.5) is 0 Å². The highest BCUT2D eigenvalue weighted by molar-refractivity contribution is 5.77. The number of hydrogen-bond acceptors (Lipinski definition) is 6. The number of nitriles is 1.